The number of imidazole rings is 1. The van der Waals surface area contributed by atoms with Crippen molar-refractivity contribution in [3.8, 4) is 0 Å². The predicted molar refractivity (Wildman–Crippen MR) is 94.8 cm³/mol. The minimum Gasteiger partial charge on any atom is -0.390 e. The molecule has 4 N–H and O–H groups in total. The number of aliphatic hydroxyl groups is 2. The number of aryl methyl sites for hydroxylation is 1. The second-order valence-electron chi connectivity index (χ2n) is 7.81. The van der Waals surface area contributed by atoms with E-state index in [1.165, 1.54) is 19.3 Å². The standard InChI is InChI=1S/C19H31N3O3/c23-17(9-8-15-11-20-12-21-15)22-16(10-13-4-2-1-3-5-13)19(25)18(24)14-6-7-14/h11-14,16,18-19,24-25H,1-10H2,(H,20,21)(H,22,23)/t16-,18-,19+/m0/s1. The largest absolute Gasteiger partial charge is 0.390 e. The van der Waals surface area contributed by atoms with E-state index in [1.807, 2.05) is 0 Å². The lowest BCUT2D eigenvalue weighted by atomic mass is 9.82. The third-order valence-electron chi connectivity index (χ3n) is 5.70. The topological polar surface area (TPSA) is 98.2 Å². The minimum absolute atomic E-state index is 0.0718. The molecule has 140 valence electrons. The highest BCUT2D eigenvalue weighted by atomic mass is 16.3. The lowest BCUT2D eigenvalue weighted by Crippen LogP contribution is -2.50. The lowest BCUT2D eigenvalue weighted by molar-refractivity contribution is -0.123. The summed E-state index contributed by atoms with van der Waals surface area (Å²) in [6.07, 6.45) is 11.5. The summed E-state index contributed by atoms with van der Waals surface area (Å²) >= 11 is 0. The van der Waals surface area contributed by atoms with Crippen LogP contribution in [0, 0.1) is 11.8 Å². The van der Waals surface area contributed by atoms with Crippen LogP contribution >= 0.6 is 0 Å². The fraction of sp³-hybridized carbons (Fsp3) is 0.789. The van der Waals surface area contributed by atoms with E-state index in [-0.39, 0.29) is 17.9 Å². The number of aromatic amines is 1. The van der Waals surface area contributed by atoms with Crippen LogP contribution in [0.5, 0.6) is 0 Å². The Morgan fingerprint density at radius 2 is 2.00 bits per heavy atom. The fourth-order valence-corrected chi connectivity index (χ4v) is 3.97. The van der Waals surface area contributed by atoms with Gasteiger partial charge in [0.1, 0.15) is 6.10 Å². The molecule has 1 amide bonds. The van der Waals surface area contributed by atoms with Crippen molar-refractivity contribution in [1.82, 2.24) is 15.3 Å². The summed E-state index contributed by atoms with van der Waals surface area (Å²) in [4.78, 5) is 19.3. The van der Waals surface area contributed by atoms with Gasteiger partial charge in [0, 0.05) is 18.3 Å². The van der Waals surface area contributed by atoms with Gasteiger partial charge in [-0.1, -0.05) is 32.1 Å². The van der Waals surface area contributed by atoms with Crippen molar-refractivity contribution in [2.45, 2.75) is 82.5 Å². The fourth-order valence-electron chi connectivity index (χ4n) is 3.97. The van der Waals surface area contributed by atoms with Crippen LogP contribution in [-0.4, -0.2) is 44.3 Å². The molecule has 2 fully saturated rings. The Morgan fingerprint density at radius 1 is 1.24 bits per heavy atom. The third kappa shape index (κ3) is 5.54. The van der Waals surface area contributed by atoms with Crippen molar-refractivity contribution in [2.75, 3.05) is 0 Å². The van der Waals surface area contributed by atoms with Gasteiger partial charge in [0.2, 0.25) is 5.91 Å². The van der Waals surface area contributed by atoms with Gasteiger partial charge in [0.25, 0.3) is 0 Å². The SMILES string of the molecule is O=C(CCc1cnc[nH]1)N[C@@H](CC1CCCCC1)[C@@H](O)[C@@H](O)C1CC1. The van der Waals surface area contributed by atoms with Gasteiger partial charge in [-0.2, -0.15) is 0 Å². The Hall–Kier alpha value is -1.40. The Labute approximate surface area is 149 Å². The van der Waals surface area contributed by atoms with Crippen molar-refractivity contribution in [2.24, 2.45) is 11.8 Å². The molecule has 0 radical (unpaired) electrons. The number of aliphatic hydroxyl groups excluding tert-OH is 2. The smallest absolute Gasteiger partial charge is 0.220 e. The first-order chi connectivity index (χ1) is 12.1. The van der Waals surface area contributed by atoms with E-state index in [2.05, 4.69) is 15.3 Å². The highest BCUT2D eigenvalue weighted by Crippen LogP contribution is 2.36. The first-order valence-electron chi connectivity index (χ1n) is 9.76. The molecular weight excluding hydrogens is 318 g/mol. The van der Waals surface area contributed by atoms with Gasteiger partial charge in [0.05, 0.1) is 18.5 Å². The van der Waals surface area contributed by atoms with Gasteiger partial charge < -0.3 is 20.5 Å². The van der Waals surface area contributed by atoms with Crippen molar-refractivity contribution in [3.05, 3.63) is 18.2 Å². The molecule has 1 aromatic rings. The van der Waals surface area contributed by atoms with Gasteiger partial charge in [-0.25, -0.2) is 4.98 Å². The zero-order valence-corrected chi connectivity index (χ0v) is 14.9. The number of hydrogen-bond acceptors (Lipinski definition) is 4. The maximum Gasteiger partial charge on any atom is 0.220 e. The summed E-state index contributed by atoms with van der Waals surface area (Å²) < 4.78 is 0. The van der Waals surface area contributed by atoms with Crippen LogP contribution in [0.15, 0.2) is 12.5 Å². The Kier molecular flexibility index (Phi) is 6.48. The van der Waals surface area contributed by atoms with Crippen LogP contribution < -0.4 is 5.32 Å². The molecule has 2 saturated carbocycles. The average Bonchev–Trinajstić information content (AvgIpc) is 3.35. The van der Waals surface area contributed by atoms with Crippen LogP contribution in [0.4, 0.5) is 0 Å². The Balaban J connectivity index is 1.54. The van der Waals surface area contributed by atoms with Crippen LogP contribution in [0.25, 0.3) is 0 Å². The Morgan fingerprint density at radius 3 is 2.64 bits per heavy atom. The normalized spacial score (nSPS) is 22.3. The minimum atomic E-state index is -0.870. The molecule has 0 unspecified atom stereocenters. The van der Waals surface area contributed by atoms with Gasteiger partial charge in [-0.15, -0.1) is 0 Å². The number of H-pyrrole nitrogens is 1. The monoisotopic (exact) mass is 349 g/mol. The van der Waals surface area contributed by atoms with Crippen LogP contribution in [0.1, 0.15) is 63.5 Å². The third-order valence-corrected chi connectivity index (χ3v) is 5.70. The molecule has 6 nitrogen and oxygen atoms in total. The van der Waals surface area contributed by atoms with E-state index in [0.29, 0.717) is 18.8 Å². The van der Waals surface area contributed by atoms with Gasteiger partial charge in [0.15, 0.2) is 0 Å². The summed E-state index contributed by atoms with van der Waals surface area (Å²) in [5, 5.41) is 24.0. The van der Waals surface area contributed by atoms with Crippen LogP contribution in [-0.2, 0) is 11.2 Å². The van der Waals surface area contributed by atoms with Crippen molar-refractivity contribution >= 4 is 5.91 Å². The van der Waals surface area contributed by atoms with Crippen molar-refractivity contribution < 1.29 is 15.0 Å². The molecule has 1 aromatic heterocycles. The van der Waals surface area contributed by atoms with Crippen LogP contribution in [0.2, 0.25) is 0 Å². The summed E-state index contributed by atoms with van der Waals surface area (Å²) in [6.45, 7) is 0. The highest BCUT2D eigenvalue weighted by molar-refractivity contribution is 5.76. The molecule has 25 heavy (non-hydrogen) atoms. The molecule has 2 aliphatic rings. The lowest BCUT2D eigenvalue weighted by Gasteiger charge is -2.32. The van der Waals surface area contributed by atoms with Crippen molar-refractivity contribution in [1.29, 1.82) is 0 Å². The van der Waals surface area contributed by atoms with E-state index in [4.69, 9.17) is 0 Å². The predicted octanol–water partition coefficient (Wildman–Crippen LogP) is 1.93. The van der Waals surface area contributed by atoms with E-state index in [1.54, 1.807) is 12.5 Å². The second kappa shape index (κ2) is 8.81. The first-order valence-corrected chi connectivity index (χ1v) is 9.76. The number of nitrogens with zero attached hydrogens (tertiary/aromatic N) is 1. The molecule has 2 aliphatic carbocycles. The van der Waals surface area contributed by atoms with Crippen LogP contribution in [0.3, 0.4) is 0 Å². The van der Waals surface area contributed by atoms with E-state index in [9.17, 15) is 15.0 Å². The summed E-state index contributed by atoms with van der Waals surface area (Å²) in [5.41, 5.74) is 0.928. The molecule has 0 spiro atoms. The molecule has 1 heterocycles. The van der Waals surface area contributed by atoms with E-state index < -0.39 is 12.2 Å². The Bertz CT molecular complexity index is 524. The number of aromatic nitrogens is 2. The molecule has 0 bridgehead atoms. The molecule has 3 atom stereocenters. The molecule has 0 aromatic carbocycles. The summed E-state index contributed by atoms with van der Waals surface area (Å²) in [6, 6.07) is -0.354. The number of carbonyl (C=O) groups excluding carboxylic acids is 1. The number of nitrogens with one attached hydrogen (secondary N) is 2. The maximum atomic E-state index is 12.4. The highest BCUT2D eigenvalue weighted by Gasteiger charge is 2.39. The number of rotatable bonds is 9. The summed E-state index contributed by atoms with van der Waals surface area (Å²) in [7, 11) is 0. The first kappa shape index (κ1) is 18.4. The van der Waals surface area contributed by atoms with Crippen molar-refractivity contribution in [3.63, 3.8) is 0 Å². The average molecular weight is 349 g/mol. The summed E-state index contributed by atoms with van der Waals surface area (Å²) in [5.74, 6) is 0.663. The zero-order valence-electron chi connectivity index (χ0n) is 14.9. The van der Waals surface area contributed by atoms with E-state index >= 15 is 0 Å². The second-order valence-corrected chi connectivity index (χ2v) is 7.81. The quantitative estimate of drug-likeness (QED) is 0.547. The maximum absolute atomic E-state index is 12.4. The number of hydrogen-bond donors (Lipinski definition) is 4. The molecule has 0 saturated heterocycles. The zero-order chi connectivity index (χ0) is 17.6. The number of carbonyl (C=O) groups is 1. The van der Waals surface area contributed by atoms with Gasteiger partial charge in [-0.05, 0) is 37.5 Å². The molecule has 0 aliphatic heterocycles. The van der Waals surface area contributed by atoms with E-state index in [0.717, 1.165) is 37.8 Å². The van der Waals surface area contributed by atoms with Gasteiger partial charge >= 0.3 is 0 Å². The molecule has 6 heteroatoms. The van der Waals surface area contributed by atoms with Gasteiger partial charge in [-0.3, -0.25) is 4.79 Å². The molecule has 3 rings (SSSR count). The molecular formula is C19H31N3O3. The number of amides is 1.